The predicted octanol–water partition coefficient (Wildman–Crippen LogP) is 6.36. The molecule has 6 aromatic rings. The minimum Gasteiger partial charge on any atom is -0.434 e. The Morgan fingerprint density at radius 3 is 2.20 bits per heavy atom. The van der Waals surface area contributed by atoms with Gasteiger partial charge in [0.25, 0.3) is 0 Å². The summed E-state index contributed by atoms with van der Waals surface area (Å²) in [6, 6.07) is 22.7. The van der Waals surface area contributed by atoms with Crippen molar-refractivity contribution in [3.8, 4) is 16.6 Å². The number of carbonyl (C=O) groups excluding carboxylic acids is 2. The molecule has 0 unspecified atom stereocenters. The Labute approximate surface area is 202 Å². The van der Waals surface area contributed by atoms with E-state index in [9.17, 15) is 9.59 Å². The highest BCUT2D eigenvalue weighted by Crippen LogP contribution is 2.35. The summed E-state index contributed by atoms with van der Waals surface area (Å²) in [5.41, 5.74) is 3.57. The maximum absolute atomic E-state index is 13.3. The Bertz CT molecular complexity index is 1770. The highest BCUT2D eigenvalue weighted by molar-refractivity contribution is 7.12. The van der Waals surface area contributed by atoms with Gasteiger partial charge in [-0.1, -0.05) is 42.5 Å². The number of hydrogen-bond acceptors (Lipinski definition) is 6. The molecule has 7 heteroatoms. The lowest BCUT2D eigenvalue weighted by Gasteiger charge is -2.03. The van der Waals surface area contributed by atoms with Crippen molar-refractivity contribution in [2.24, 2.45) is 0 Å². The summed E-state index contributed by atoms with van der Waals surface area (Å²) < 4.78 is 7.87. The van der Waals surface area contributed by atoms with Gasteiger partial charge in [0.05, 0.1) is 11.3 Å². The summed E-state index contributed by atoms with van der Waals surface area (Å²) in [6.45, 7) is 0. The third-order valence-corrected chi connectivity index (χ3v) is 6.93. The van der Waals surface area contributed by atoms with Crippen LogP contribution in [-0.2, 0) is 0 Å². The molecule has 0 aliphatic heterocycles. The molecule has 0 saturated carbocycles. The van der Waals surface area contributed by atoms with Crippen LogP contribution in [0.25, 0.3) is 44.7 Å². The molecule has 0 N–H and O–H groups in total. The van der Waals surface area contributed by atoms with Crippen LogP contribution in [0, 0.1) is 0 Å². The number of carbonyl (C=O) groups is 2. The van der Waals surface area contributed by atoms with E-state index in [4.69, 9.17) is 9.40 Å². The van der Waals surface area contributed by atoms with Crippen molar-refractivity contribution in [2.45, 2.75) is 0 Å². The first kappa shape index (κ1) is 19.8. The largest absolute Gasteiger partial charge is 0.434 e. The Morgan fingerprint density at radius 2 is 1.54 bits per heavy atom. The summed E-state index contributed by atoms with van der Waals surface area (Å²) in [6.07, 6.45) is 3.32. The molecule has 166 valence electrons. The van der Waals surface area contributed by atoms with E-state index < -0.39 is 0 Å². The second kappa shape index (κ2) is 7.44. The van der Waals surface area contributed by atoms with Gasteiger partial charge in [-0.05, 0) is 41.1 Å². The first-order valence-corrected chi connectivity index (χ1v) is 11.9. The topological polar surface area (TPSA) is 78.0 Å². The number of rotatable bonds is 3. The maximum Gasteiger partial charge on any atom is 0.228 e. The van der Waals surface area contributed by atoms with Crippen LogP contribution in [0.1, 0.15) is 26.4 Å². The zero-order valence-corrected chi connectivity index (χ0v) is 19.0. The predicted molar refractivity (Wildman–Crippen MR) is 135 cm³/mol. The number of hydrogen-bond donors (Lipinski definition) is 0. The second-order valence-corrected chi connectivity index (χ2v) is 9.13. The lowest BCUT2D eigenvalue weighted by atomic mass is 10.0. The van der Waals surface area contributed by atoms with Crippen LogP contribution in [0.5, 0.6) is 0 Å². The summed E-state index contributed by atoms with van der Waals surface area (Å²) >= 11 is 1.43. The van der Waals surface area contributed by atoms with Crippen LogP contribution in [0.2, 0.25) is 0 Å². The molecule has 0 spiro atoms. The normalized spacial score (nSPS) is 13.2. The molecule has 35 heavy (non-hydrogen) atoms. The fourth-order valence-electron chi connectivity index (χ4n) is 4.53. The van der Waals surface area contributed by atoms with Crippen LogP contribution in [0.3, 0.4) is 0 Å². The van der Waals surface area contributed by atoms with Crippen LogP contribution >= 0.6 is 11.3 Å². The smallest absolute Gasteiger partial charge is 0.228 e. The number of thiazole rings is 1. The second-order valence-electron chi connectivity index (χ2n) is 8.25. The summed E-state index contributed by atoms with van der Waals surface area (Å²) in [5.74, 6) is -0.0679. The van der Waals surface area contributed by atoms with Gasteiger partial charge in [0.1, 0.15) is 0 Å². The van der Waals surface area contributed by atoms with E-state index >= 15 is 0 Å². The van der Waals surface area contributed by atoms with E-state index in [1.807, 2.05) is 64.5 Å². The molecule has 0 fully saturated rings. The SMILES string of the molecule is O=C1C(=Cc2cc3oc(-c4ccccc4)nc3n2-c2nccs2)C(=O)c2cc3ccccc3cc21. The number of ketones is 2. The highest BCUT2D eigenvalue weighted by Gasteiger charge is 2.34. The van der Waals surface area contributed by atoms with Crippen molar-refractivity contribution in [3.63, 3.8) is 0 Å². The van der Waals surface area contributed by atoms with E-state index in [1.165, 1.54) is 11.3 Å². The fourth-order valence-corrected chi connectivity index (χ4v) is 5.19. The molecule has 0 saturated heterocycles. The third kappa shape index (κ3) is 3.02. The molecular weight excluding hydrogens is 458 g/mol. The van der Waals surface area contributed by atoms with Gasteiger partial charge in [-0.2, -0.15) is 4.98 Å². The quantitative estimate of drug-likeness (QED) is 0.221. The van der Waals surface area contributed by atoms with Gasteiger partial charge in [-0.3, -0.25) is 14.2 Å². The minimum absolute atomic E-state index is 0.122. The Morgan fingerprint density at radius 1 is 0.857 bits per heavy atom. The molecule has 6 nitrogen and oxygen atoms in total. The molecule has 3 aromatic carbocycles. The van der Waals surface area contributed by atoms with Crippen LogP contribution < -0.4 is 0 Å². The number of allylic oxidation sites excluding steroid dienone is 1. The lowest BCUT2D eigenvalue weighted by molar-refractivity contribution is 0.0990. The number of Topliss-reactive ketones (excluding diaryl/α,β-unsaturated/α-hetero) is 2. The van der Waals surface area contributed by atoms with Crippen molar-refractivity contribution in [1.82, 2.24) is 14.5 Å². The molecule has 1 aliphatic carbocycles. The van der Waals surface area contributed by atoms with Gasteiger partial charge < -0.3 is 4.42 Å². The Hall–Kier alpha value is -4.62. The van der Waals surface area contributed by atoms with E-state index in [-0.39, 0.29) is 17.1 Å². The van der Waals surface area contributed by atoms with Crippen molar-refractivity contribution in [3.05, 3.63) is 107 Å². The molecule has 3 aromatic heterocycles. The molecule has 0 radical (unpaired) electrons. The molecule has 1 aliphatic rings. The zero-order valence-electron chi connectivity index (χ0n) is 18.1. The van der Waals surface area contributed by atoms with Gasteiger partial charge >= 0.3 is 0 Å². The monoisotopic (exact) mass is 473 g/mol. The van der Waals surface area contributed by atoms with E-state index in [1.54, 1.807) is 30.5 Å². The molecule has 0 atom stereocenters. The lowest BCUT2D eigenvalue weighted by Crippen LogP contribution is -2.03. The fraction of sp³-hybridized carbons (Fsp3) is 0. The van der Waals surface area contributed by atoms with Crippen molar-refractivity contribution in [2.75, 3.05) is 0 Å². The molecule has 3 heterocycles. The number of oxazole rings is 1. The summed E-state index contributed by atoms with van der Waals surface area (Å²) in [7, 11) is 0. The van der Waals surface area contributed by atoms with E-state index in [2.05, 4.69) is 4.98 Å². The average Bonchev–Trinajstić information content (AvgIpc) is 3.66. The van der Waals surface area contributed by atoms with Crippen molar-refractivity contribution in [1.29, 1.82) is 0 Å². The number of aromatic nitrogens is 3. The number of fused-ring (bicyclic) bond motifs is 3. The van der Waals surface area contributed by atoms with E-state index in [0.717, 1.165) is 16.3 Å². The first-order chi connectivity index (χ1) is 17.2. The van der Waals surface area contributed by atoms with Gasteiger partial charge in [-0.15, -0.1) is 11.3 Å². The molecule has 7 rings (SSSR count). The van der Waals surface area contributed by atoms with Crippen molar-refractivity contribution >= 4 is 51.0 Å². The van der Waals surface area contributed by atoms with Gasteiger partial charge in [0.2, 0.25) is 5.89 Å². The van der Waals surface area contributed by atoms with Crippen molar-refractivity contribution < 1.29 is 14.0 Å². The highest BCUT2D eigenvalue weighted by atomic mass is 32.1. The van der Waals surface area contributed by atoms with Gasteiger partial charge in [-0.25, -0.2) is 4.98 Å². The summed E-state index contributed by atoms with van der Waals surface area (Å²) in [5, 5.41) is 4.38. The third-order valence-electron chi connectivity index (χ3n) is 6.17. The number of benzene rings is 3. The van der Waals surface area contributed by atoms with Gasteiger partial charge in [0.15, 0.2) is 27.9 Å². The van der Waals surface area contributed by atoms with Crippen LogP contribution in [-0.4, -0.2) is 26.1 Å². The Balaban J connectivity index is 1.40. The maximum atomic E-state index is 13.3. The van der Waals surface area contributed by atoms with Crippen LogP contribution in [0.15, 0.2) is 94.4 Å². The molecular formula is C28H15N3O3S. The average molecular weight is 474 g/mol. The van der Waals surface area contributed by atoms with Crippen LogP contribution in [0.4, 0.5) is 0 Å². The summed E-state index contributed by atoms with van der Waals surface area (Å²) in [4.78, 5) is 35.7. The first-order valence-electron chi connectivity index (χ1n) is 11.0. The minimum atomic E-state index is -0.280. The van der Waals surface area contributed by atoms with Gasteiger partial charge in [0, 0.05) is 34.3 Å². The molecule has 0 amide bonds. The molecule has 0 bridgehead atoms. The van der Waals surface area contributed by atoms with E-state index in [0.29, 0.717) is 39.1 Å². The zero-order chi connectivity index (χ0) is 23.5. The Kier molecular flexibility index (Phi) is 4.21. The standard InChI is InChI=1S/C28H15N3O3S/c32-24-20-12-17-8-4-5-9-18(17)13-21(20)25(33)22(24)14-19-15-23-26(31(19)28-29-10-11-35-28)30-27(34-23)16-6-2-1-3-7-16/h1-15H. The number of nitrogens with zero attached hydrogens (tertiary/aromatic N) is 3.